The van der Waals surface area contributed by atoms with Crippen molar-refractivity contribution in [1.29, 1.82) is 0 Å². The van der Waals surface area contributed by atoms with Gasteiger partial charge in [-0.25, -0.2) is 9.97 Å². The number of aromatic nitrogens is 2. The third kappa shape index (κ3) is 3.30. The lowest BCUT2D eigenvalue weighted by Gasteiger charge is -2.00. The van der Waals surface area contributed by atoms with Crippen molar-refractivity contribution in [1.82, 2.24) is 9.97 Å². The van der Waals surface area contributed by atoms with Crippen LogP contribution in [0.15, 0.2) is 52.2 Å². The molecular formula is C19H14N2O2S3. The number of fused-ring (bicyclic) bond motifs is 2. The first kappa shape index (κ1) is 16.1. The van der Waals surface area contributed by atoms with Crippen molar-refractivity contribution in [2.24, 2.45) is 0 Å². The van der Waals surface area contributed by atoms with Crippen LogP contribution in [0, 0.1) is 0 Å². The Morgan fingerprint density at radius 1 is 1.04 bits per heavy atom. The van der Waals surface area contributed by atoms with Gasteiger partial charge in [-0.3, -0.25) is 0 Å². The second-order valence-corrected chi connectivity index (χ2v) is 9.03. The van der Waals surface area contributed by atoms with Gasteiger partial charge in [0.1, 0.15) is 0 Å². The summed E-state index contributed by atoms with van der Waals surface area (Å²) in [7, 11) is 0. The van der Waals surface area contributed by atoms with Crippen molar-refractivity contribution in [3.05, 3.63) is 64.1 Å². The second kappa shape index (κ2) is 6.90. The third-order valence-corrected chi connectivity index (χ3v) is 7.12. The molecule has 2 aromatic heterocycles. The SMILES string of the molecule is c1ccc2sc(SCc3csc(Cc4ccc5c(c4)OCO5)n3)nc2c1. The van der Waals surface area contributed by atoms with E-state index in [0.29, 0.717) is 6.79 Å². The highest BCUT2D eigenvalue weighted by molar-refractivity contribution is 8.00. The average Bonchev–Trinajstić information content (AvgIpc) is 3.38. The molecular weight excluding hydrogens is 384 g/mol. The van der Waals surface area contributed by atoms with E-state index in [-0.39, 0.29) is 0 Å². The molecule has 26 heavy (non-hydrogen) atoms. The maximum Gasteiger partial charge on any atom is 0.231 e. The predicted octanol–water partition coefficient (Wildman–Crippen LogP) is 5.36. The third-order valence-electron chi connectivity index (χ3n) is 4.01. The molecule has 1 aliphatic rings. The summed E-state index contributed by atoms with van der Waals surface area (Å²) in [5.74, 6) is 2.49. The minimum atomic E-state index is 0.309. The molecule has 0 N–H and O–H groups in total. The topological polar surface area (TPSA) is 44.2 Å². The van der Waals surface area contributed by atoms with Gasteiger partial charge in [0, 0.05) is 17.6 Å². The summed E-state index contributed by atoms with van der Waals surface area (Å²) in [6.45, 7) is 0.309. The van der Waals surface area contributed by atoms with Crippen molar-refractivity contribution in [3.63, 3.8) is 0 Å². The normalized spacial score (nSPS) is 12.8. The number of hydrogen-bond acceptors (Lipinski definition) is 7. The molecule has 4 aromatic rings. The van der Waals surface area contributed by atoms with Gasteiger partial charge < -0.3 is 9.47 Å². The Bertz CT molecular complexity index is 1040. The van der Waals surface area contributed by atoms with E-state index in [1.807, 2.05) is 18.2 Å². The number of thiazole rings is 2. The number of thioether (sulfide) groups is 1. The summed E-state index contributed by atoms with van der Waals surface area (Å²) < 4.78 is 13.1. The van der Waals surface area contributed by atoms with Crippen molar-refractivity contribution < 1.29 is 9.47 Å². The summed E-state index contributed by atoms with van der Waals surface area (Å²) in [4.78, 5) is 9.44. The van der Waals surface area contributed by atoms with E-state index >= 15 is 0 Å². The number of nitrogens with zero attached hydrogens (tertiary/aromatic N) is 2. The summed E-state index contributed by atoms with van der Waals surface area (Å²) >= 11 is 5.19. The molecule has 1 aliphatic heterocycles. The molecule has 4 nitrogen and oxygen atoms in total. The van der Waals surface area contributed by atoms with E-state index in [4.69, 9.17) is 14.5 Å². The molecule has 5 rings (SSSR count). The van der Waals surface area contributed by atoms with Gasteiger partial charge in [-0.05, 0) is 29.8 Å². The first-order valence-electron chi connectivity index (χ1n) is 8.14. The van der Waals surface area contributed by atoms with E-state index in [2.05, 4.69) is 34.6 Å². The van der Waals surface area contributed by atoms with Crippen molar-refractivity contribution >= 4 is 44.7 Å². The number of ether oxygens (including phenoxy) is 2. The minimum Gasteiger partial charge on any atom is -0.454 e. The van der Waals surface area contributed by atoms with Gasteiger partial charge in [-0.2, -0.15) is 0 Å². The molecule has 0 unspecified atom stereocenters. The van der Waals surface area contributed by atoms with Gasteiger partial charge in [-0.15, -0.1) is 22.7 Å². The maximum absolute atomic E-state index is 5.45. The molecule has 130 valence electrons. The fourth-order valence-electron chi connectivity index (χ4n) is 2.77. The van der Waals surface area contributed by atoms with Gasteiger partial charge in [-0.1, -0.05) is 30.0 Å². The Balaban J connectivity index is 1.25. The minimum absolute atomic E-state index is 0.309. The quantitative estimate of drug-likeness (QED) is 0.423. The van der Waals surface area contributed by atoms with Gasteiger partial charge in [0.05, 0.1) is 20.9 Å². The largest absolute Gasteiger partial charge is 0.454 e. The highest BCUT2D eigenvalue weighted by atomic mass is 32.2. The standard InChI is InChI=1S/C19H14N2O2S3/c1-2-4-17-14(3-1)21-19(26-17)25-10-13-9-24-18(20-13)8-12-5-6-15-16(7-12)23-11-22-15/h1-7,9H,8,10-11H2. The molecule has 0 radical (unpaired) electrons. The molecule has 0 fully saturated rings. The lowest BCUT2D eigenvalue weighted by Crippen LogP contribution is -1.93. The monoisotopic (exact) mass is 398 g/mol. The Hall–Kier alpha value is -2.09. The number of para-hydroxylation sites is 1. The van der Waals surface area contributed by atoms with E-state index in [0.717, 1.165) is 44.2 Å². The maximum atomic E-state index is 5.45. The van der Waals surface area contributed by atoms with E-state index in [1.165, 1.54) is 10.3 Å². The van der Waals surface area contributed by atoms with Crippen molar-refractivity contribution in [3.8, 4) is 11.5 Å². The molecule has 0 amide bonds. The fourth-order valence-corrected chi connectivity index (χ4v) is 5.66. The first-order valence-corrected chi connectivity index (χ1v) is 10.8. The molecule has 2 aromatic carbocycles. The van der Waals surface area contributed by atoms with Crippen LogP contribution in [0.3, 0.4) is 0 Å². The zero-order valence-electron chi connectivity index (χ0n) is 13.7. The summed E-state index contributed by atoms with van der Waals surface area (Å²) in [6.07, 6.45) is 0.813. The molecule has 0 bridgehead atoms. The first-order chi connectivity index (χ1) is 12.8. The van der Waals surface area contributed by atoms with E-state index in [1.54, 1.807) is 34.4 Å². The van der Waals surface area contributed by atoms with Gasteiger partial charge in [0.25, 0.3) is 0 Å². The predicted molar refractivity (Wildman–Crippen MR) is 107 cm³/mol. The Labute approximate surface area is 162 Å². The van der Waals surface area contributed by atoms with Crippen molar-refractivity contribution in [2.45, 2.75) is 16.5 Å². The van der Waals surface area contributed by atoms with Crippen LogP contribution >= 0.6 is 34.4 Å². The molecule has 3 heterocycles. The summed E-state index contributed by atoms with van der Waals surface area (Å²) in [5, 5.41) is 3.26. The van der Waals surface area contributed by atoms with Crippen LogP contribution in [0.1, 0.15) is 16.3 Å². The average molecular weight is 399 g/mol. The zero-order valence-corrected chi connectivity index (χ0v) is 16.1. The summed E-state index contributed by atoms with van der Waals surface area (Å²) in [6, 6.07) is 14.3. The molecule has 0 atom stereocenters. The lowest BCUT2D eigenvalue weighted by molar-refractivity contribution is 0.174. The fraction of sp³-hybridized carbons (Fsp3) is 0.158. The van der Waals surface area contributed by atoms with Crippen LogP contribution in [-0.2, 0) is 12.2 Å². The Kier molecular flexibility index (Phi) is 4.28. The van der Waals surface area contributed by atoms with Crippen LogP contribution in [0.4, 0.5) is 0 Å². The highest BCUT2D eigenvalue weighted by Gasteiger charge is 2.14. The smallest absolute Gasteiger partial charge is 0.231 e. The number of benzene rings is 2. The number of rotatable bonds is 5. The van der Waals surface area contributed by atoms with Gasteiger partial charge in [0.2, 0.25) is 6.79 Å². The lowest BCUT2D eigenvalue weighted by atomic mass is 10.1. The van der Waals surface area contributed by atoms with Crippen LogP contribution in [-0.4, -0.2) is 16.8 Å². The Morgan fingerprint density at radius 3 is 2.92 bits per heavy atom. The van der Waals surface area contributed by atoms with Crippen molar-refractivity contribution in [2.75, 3.05) is 6.79 Å². The van der Waals surface area contributed by atoms with E-state index in [9.17, 15) is 0 Å². The molecule has 0 spiro atoms. The number of hydrogen-bond donors (Lipinski definition) is 0. The van der Waals surface area contributed by atoms with Gasteiger partial charge in [0.15, 0.2) is 15.8 Å². The molecule has 0 saturated carbocycles. The Morgan fingerprint density at radius 2 is 1.96 bits per heavy atom. The van der Waals surface area contributed by atoms with Crippen LogP contribution in [0.25, 0.3) is 10.2 Å². The van der Waals surface area contributed by atoms with Crippen LogP contribution in [0.2, 0.25) is 0 Å². The van der Waals surface area contributed by atoms with Gasteiger partial charge >= 0.3 is 0 Å². The summed E-state index contributed by atoms with van der Waals surface area (Å²) in [5.41, 5.74) is 3.37. The van der Waals surface area contributed by atoms with E-state index < -0.39 is 0 Å². The molecule has 0 aliphatic carbocycles. The van der Waals surface area contributed by atoms with Crippen LogP contribution < -0.4 is 9.47 Å². The molecule has 7 heteroatoms. The van der Waals surface area contributed by atoms with Crippen LogP contribution in [0.5, 0.6) is 11.5 Å². The second-order valence-electron chi connectivity index (χ2n) is 5.83. The highest BCUT2D eigenvalue weighted by Crippen LogP contribution is 2.34. The molecule has 0 saturated heterocycles. The zero-order chi connectivity index (χ0) is 17.3.